The van der Waals surface area contributed by atoms with Gasteiger partial charge in [0.2, 0.25) is 5.91 Å². The van der Waals surface area contributed by atoms with Crippen LogP contribution < -0.4 is 15.8 Å². The Kier molecular flexibility index (Phi) is 4.65. The molecule has 0 saturated carbocycles. The van der Waals surface area contributed by atoms with Crippen molar-refractivity contribution in [2.24, 2.45) is 5.73 Å². The normalized spacial score (nSPS) is 12.2. The summed E-state index contributed by atoms with van der Waals surface area (Å²) in [6.45, 7) is -2.91. The first kappa shape index (κ1) is 14.4. The molecule has 0 fully saturated rings. The number of alkyl halides is 2. The average Bonchev–Trinajstić information content (AvgIpc) is 2.91. The highest BCUT2D eigenvalue weighted by molar-refractivity contribution is 7.10. The molecule has 0 bridgehead atoms. The number of rotatable bonds is 5. The third-order valence-corrected chi connectivity index (χ3v) is 3.41. The average molecular weight is 298 g/mol. The van der Waals surface area contributed by atoms with Gasteiger partial charge in [-0.25, -0.2) is 0 Å². The van der Waals surface area contributed by atoms with Gasteiger partial charge in [-0.1, -0.05) is 12.1 Å². The molecular weight excluding hydrogens is 286 g/mol. The van der Waals surface area contributed by atoms with E-state index in [0.29, 0.717) is 5.69 Å². The van der Waals surface area contributed by atoms with Gasteiger partial charge in [-0.2, -0.15) is 8.78 Å². The van der Waals surface area contributed by atoms with E-state index in [1.54, 1.807) is 18.2 Å². The fraction of sp³-hybridized carbons (Fsp3) is 0.154. The van der Waals surface area contributed by atoms with Crippen LogP contribution in [-0.4, -0.2) is 12.5 Å². The smallest absolute Gasteiger partial charge is 0.387 e. The largest absolute Gasteiger partial charge is 0.435 e. The van der Waals surface area contributed by atoms with Gasteiger partial charge in [-0.05, 0) is 23.6 Å². The second kappa shape index (κ2) is 6.44. The third kappa shape index (κ3) is 3.75. The van der Waals surface area contributed by atoms with Gasteiger partial charge in [0.15, 0.2) is 0 Å². The molecule has 0 spiro atoms. The molecule has 0 aliphatic rings. The summed E-state index contributed by atoms with van der Waals surface area (Å²) in [5, 5.41) is 4.38. The second-order valence-corrected chi connectivity index (χ2v) is 4.87. The highest BCUT2D eigenvalue weighted by Gasteiger charge is 2.17. The van der Waals surface area contributed by atoms with Crippen molar-refractivity contribution in [1.29, 1.82) is 0 Å². The lowest BCUT2D eigenvalue weighted by Gasteiger charge is -2.12. The molecule has 1 amide bonds. The van der Waals surface area contributed by atoms with E-state index in [1.807, 2.05) is 5.38 Å². The number of hydrogen-bond acceptors (Lipinski definition) is 4. The predicted octanol–water partition coefficient (Wildman–Crippen LogP) is 2.99. The zero-order valence-corrected chi connectivity index (χ0v) is 11.1. The molecule has 0 saturated heterocycles. The number of hydrogen-bond donors (Lipinski definition) is 2. The van der Waals surface area contributed by atoms with Gasteiger partial charge in [0, 0.05) is 16.6 Å². The minimum atomic E-state index is -2.91. The van der Waals surface area contributed by atoms with Gasteiger partial charge in [-0.15, -0.1) is 11.3 Å². The number of nitrogens with one attached hydrogen (secondary N) is 1. The number of anilines is 1. The summed E-state index contributed by atoms with van der Waals surface area (Å²) >= 11 is 1.37. The monoisotopic (exact) mass is 298 g/mol. The fourth-order valence-electron chi connectivity index (χ4n) is 1.57. The minimum Gasteiger partial charge on any atom is -0.435 e. The van der Waals surface area contributed by atoms with Crippen LogP contribution in [0, 0.1) is 0 Å². The summed E-state index contributed by atoms with van der Waals surface area (Å²) in [7, 11) is 0. The number of amides is 1. The Bertz CT molecular complexity index is 576. The van der Waals surface area contributed by atoms with Crippen molar-refractivity contribution in [3.63, 3.8) is 0 Å². The maximum atomic E-state index is 12.1. The molecule has 7 heteroatoms. The maximum Gasteiger partial charge on any atom is 0.387 e. The highest BCUT2D eigenvalue weighted by Crippen LogP contribution is 2.22. The van der Waals surface area contributed by atoms with E-state index in [9.17, 15) is 13.6 Å². The second-order valence-electron chi connectivity index (χ2n) is 3.89. The molecular formula is C13H12F2N2O2S. The number of thiophene rings is 1. The van der Waals surface area contributed by atoms with Gasteiger partial charge in [0.1, 0.15) is 11.8 Å². The Morgan fingerprint density at radius 1 is 1.30 bits per heavy atom. The summed E-state index contributed by atoms with van der Waals surface area (Å²) in [4.78, 5) is 12.7. The summed E-state index contributed by atoms with van der Waals surface area (Å²) in [6, 6.07) is 8.51. The quantitative estimate of drug-likeness (QED) is 0.892. The molecule has 3 N–H and O–H groups in total. The molecule has 4 nitrogen and oxygen atoms in total. The van der Waals surface area contributed by atoms with Crippen LogP contribution in [-0.2, 0) is 4.79 Å². The van der Waals surface area contributed by atoms with E-state index in [2.05, 4.69) is 10.1 Å². The first-order chi connectivity index (χ1) is 9.56. The Labute approximate surface area is 118 Å². The van der Waals surface area contributed by atoms with E-state index in [4.69, 9.17) is 5.73 Å². The van der Waals surface area contributed by atoms with Crippen molar-refractivity contribution >= 4 is 22.9 Å². The Morgan fingerprint density at radius 2 is 2.10 bits per heavy atom. The van der Waals surface area contributed by atoms with Crippen LogP contribution in [0.2, 0.25) is 0 Å². The number of benzene rings is 1. The topological polar surface area (TPSA) is 64.4 Å². The minimum absolute atomic E-state index is 0.0255. The van der Waals surface area contributed by atoms with Gasteiger partial charge >= 0.3 is 6.61 Å². The molecule has 1 heterocycles. The first-order valence-corrected chi connectivity index (χ1v) is 6.59. The SMILES string of the molecule is NC(C(=O)Nc1cccc(OC(F)F)c1)c1cccs1. The highest BCUT2D eigenvalue weighted by atomic mass is 32.1. The maximum absolute atomic E-state index is 12.1. The van der Waals surface area contributed by atoms with Crippen LogP contribution in [0.4, 0.5) is 14.5 Å². The van der Waals surface area contributed by atoms with E-state index in [-0.39, 0.29) is 5.75 Å². The molecule has 1 aromatic carbocycles. The van der Waals surface area contributed by atoms with Crippen molar-refractivity contribution in [1.82, 2.24) is 0 Å². The molecule has 0 aliphatic heterocycles. The molecule has 1 aromatic heterocycles. The summed E-state index contributed by atoms with van der Waals surface area (Å²) < 4.78 is 28.5. The summed E-state index contributed by atoms with van der Waals surface area (Å²) in [5.41, 5.74) is 6.14. The van der Waals surface area contributed by atoms with Crippen LogP contribution in [0.3, 0.4) is 0 Å². The lowest BCUT2D eigenvalue weighted by Crippen LogP contribution is -2.26. The van der Waals surface area contributed by atoms with E-state index in [0.717, 1.165) is 4.88 Å². The van der Waals surface area contributed by atoms with Crippen molar-refractivity contribution in [3.8, 4) is 5.75 Å². The van der Waals surface area contributed by atoms with Crippen LogP contribution in [0.1, 0.15) is 10.9 Å². The van der Waals surface area contributed by atoms with Crippen LogP contribution in [0.25, 0.3) is 0 Å². The lowest BCUT2D eigenvalue weighted by atomic mass is 10.2. The molecule has 20 heavy (non-hydrogen) atoms. The molecule has 2 aromatic rings. The molecule has 1 atom stereocenters. The summed E-state index contributed by atoms with van der Waals surface area (Å²) in [5.74, 6) is -0.441. The van der Waals surface area contributed by atoms with Gasteiger partial charge in [-0.3, -0.25) is 4.79 Å². The van der Waals surface area contributed by atoms with Gasteiger partial charge in [0.05, 0.1) is 0 Å². The lowest BCUT2D eigenvalue weighted by molar-refractivity contribution is -0.117. The number of nitrogens with two attached hydrogens (primary N) is 1. The molecule has 1 unspecified atom stereocenters. The Balaban J connectivity index is 2.04. The summed E-state index contributed by atoms with van der Waals surface area (Å²) in [6.07, 6.45) is 0. The predicted molar refractivity (Wildman–Crippen MR) is 73.0 cm³/mol. The van der Waals surface area contributed by atoms with Crippen LogP contribution in [0.5, 0.6) is 5.75 Å². The van der Waals surface area contributed by atoms with Crippen molar-refractivity contribution in [2.75, 3.05) is 5.32 Å². The molecule has 0 aliphatic carbocycles. The van der Waals surface area contributed by atoms with Gasteiger partial charge < -0.3 is 15.8 Å². The number of halogens is 2. The Hall–Kier alpha value is -1.99. The van der Waals surface area contributed by atoms with Crippen LogP contribution in [0.15, 0.2) is 41.8 Å². The van der Waals surface area contributed by atoms with Crippen LogP contribution >= 0.6 is 11.3 Å². The fourth-order valence-corrected chi connectivity index (χ4v) is 2.29. The zero-order valence-electron chi connectivity index (χ0n) is 10.3. The first-order valence-electron chi connectivity index (χ1n) is 5.71. The molecule has 106 valence electrons. The van der Waals surface area contributed by atoms with E-state index < -0.39 is 18.6 Å². The van der Waals surface area contributed by atoms with Crippen molar-refractivity contribution in [3.05, 3.63) is 46.7 Å². The van der Waals surface area contributed by atoms with E-state index in [1.165, 1.54) is 29.5 Å². The molecule has 0 radical (unpaired) electrons. The third-order valence-electron chi connectivity index (χ3n) is 2.46. The number of carbonyl (C=O) groups excluding carboxylic acids is 1. The number of carbonyl (C=O) groups is 1. The zero-order chi connectivity index (χ0) is 14.5. The molecule has 2 rings (SSSR count). The van der Waals surface area contributed by atoms with Crippen molar-refractivity contribution < 1.29 is 18.3 Å². The Morgan fingerprint density at radius 3 is 2.75 bits per heavy atom. The number of ether oxygens (including phenoxy) is 1. The van der Waals surface area contributed by atoms with E-state index >= 15 is 0 Å². The standard InChI is InChI=1S/C13H12F2N2O2S/c14-13(15)19-9-4-1-3-8(7-9)17-12(18)11(16)10-5-2-6-20-10/h1-7,11,13H,16H2,(H,17,18). The van der Waals surface area contributed by atoms with Crippen molar-refractivity contribution in [2.45, 2.75) is 12.7 Å². The van der Waals surface area contributed by atoms with Gasteiger partial charge in [0.25, 0.3) is 0 Å².